The monoisotopic (exact) mass is 401 g/mol. The third-order valence-electron chi connectivity index (χ3n) is 5.11. The predicted octanol–water partition coefficient (Wildman–Crippen LogP) is 4.64. The van der Waals surface area contributed by atoms with Gasteiger partial charge in [-0.1, -0.05) is 12.1 Å². The summed E-state index contributed by atoms with van der Waals surface area (Å²) in [5.74, 6) is 0.519. The van der Waals surface area contributed by atoms with E-state index in [0.29, 0.717) is 6.42 Å². The Labute approximate surface area is 164 Å². The van der Waals surface area contributed by atoms with Crippen molar-refractivity contribution in [2.75, 3.05) is 16.8 Å². The van der Waals surface area contributed by atoms with Crippen LogP contribution in [0, 0.1) is 20.8 Å². The normalized spacial score (nSPS) is 18.7. The Bertz CT molecular complexity index is 1100. The van der Waals surface area contributed by atoms with Crippen LogP contribution in [0.2, 0.25) is 0 Å². The molecule has 1 fully saturated rings. The number of sulfone groups is 1. The van der Waals surface area contributed by atoms with Crippen molar-refractivity contribution in [2.24, 2.45) is 0 Å². The molecule has 5 nitrogen and oxygen atoms in total. The summed E-state index contributed by atoms with van der Waals surface area (Å²) in [6.07, 6.45) is 0.690. The van der Waals surface area contributed by atoms with E-state index < -0.39 is 9.84 Å². The van der Waals surface area contributed by atoms with Gasteiger partial charge < -0.3 is 9.88 Å². The summed E-state index contributed by atoms with van der Waals surface area (Å²) >= 11 is 1.57. The second-order valence-corrected chi connectivity index (χ2v) is 10.3. The fraction of sp³-hybridized carbons (Fsp3) is 0.350. The molecule has 0 radical (unpaired) electrons. The molecule has 0 spiro atoms. The number of nitrogens with one attached hydrogen (secondary N) is 1. The second-order valence-electron chi connectivity index (χ2n) is 7.24. The van der Waals surface area contributed by atoms with E-state index in [1.807, 2.05) is 19.1 Å². The molecule has 3 aromatic rings. The second kappa shape index (κ2) is 6.80. The molecule has 0 amide bonds. The van der Waals surface area contributed by atoms with Crippen LogP contribution in [0.25, 0.3) is 11.3 Å². The molecular formula is C20H23N3O2S2. The molecule has 0 bridgehead atoms. The molecule has 4 rings (SSSR count). The smallest absolute Gasteiger partial charge is 0.187 e. The number of anilines is 2. The number of hydrogen-bond acceptors (Lipinski definition) is 5. The summed E-state index contributed by atoms with van der Waals surface area (Å²) in [5, 5.41) is 6.26. The average Bonchev–Trinajstić information content (AvgIpc) is 3.26. The van der Waals surface area contributed by atoms with E-state index in [4.69, 9.17) is 4.98 Å². The molecule has 1 unspecified atom stereocenters. The van der Waals surface area contributed by atoms with Gasteiger partial charge in [0.05, 0.1) is 17.2 Å². The quantitative estimate of drug-likeness (QED) is 0.692. The van der Waals surface area contributed by atoms with Crippen LogP contribution >= 0.6 is 11.3 Å². The molecule has 1 saturated heterocycles. The number of benzene rings is 1. The molecule has 1 N–H and O–H groups in total. The van der Waals surface area contributed by atoms with Gasteiger partial charge in [0, 0.05) is 34.1 Å². The van der Waals surface area contributed by atoms with E-state index in [-0.39, 0.29) is 17.5 Å². The van der Waals surface area contributed by atoms with Crippen molar-refractivity contribution >= 4 is 32.0 Å². The minimum Gasteiger partial charge on any atom is -0.344 e. The van der Waals surface area contributed by atoms with Gasteiger partial charge in [-0.25, -0.2) is 13.4 Å². The topological polar surface area (TPSA) is 64.0 Å². The van der Waals surface area contributed by atoms with Gasteiger partial charge in [-0.15, -0.1) is 11.3 Å². The first-order chi connectivity index (χ1) is 12.8. The number of rotatable bonds is 4. The van der Waals surface area contributed by atoms with Crippen LogP contribution in [0.5, 0.6) is 0 Å². The Kier molecular flexibility index (Phi) is 4.60. The van der Waals surface area contributed by atoms with Crippen LogP contribution in [0.3, 0.4) is 0 Å². The highest BCUT2D eigenvalue weighted by atomic mass is 32.2. The lowest BCUT2D eigenvalue weighted by atomic mass is 10.2. The van der Waals surface area contributed by atoms with Gasteiger partial charge in [-0.05, 0) is 51.0 Å². The molecule has 1 aliphatic rings. The van der Waals surface area contributed by atoms with Gasteiger partial charge in [-0.3, -0.25) is 0 Å². The predicted molar refractivity (Wildman–Crippen MR) is 112 cm³/mol. The fourth-order valence-corrected chi connectivity index (χ4v) is 6.31. The lowest BCUT2D eigenvalue weighted by Crippen LogP contribution is -2.13. The molecule has 1 aliphatic heterocycles. The Balaban J connectivity index is 1.61. The molecule has 1 aromatic carbocycles. The summed E-state index contributed by atoms with van der Waals surface area (Å²) in [6, 6.07) is 10.4. The van der Waals surface area contributed by atoms with E-state index in [9.17, 15) is 8.42 Å². The van der Waals surface area contributed by atoms with Crippen molar-refractivity contribution in [1.82, 2.24) is 9.55 Å². The minimum atomic E-state index is -2.91. The number of nitrogens with zero attached hydrogens (tertiary/aromatic N) is 2. The third kappa shape index (κ3) is 3.66. The van der Waals surface area contributed by atoms with Gasteiger partial charge in [-0.2, -0.15) is 0 Å². The number of hydrogen-bond donors (Lipinski definition) is 1. The first-order valence-corrected chi connectivity index (χ1v) is 11.7. The third-order valence-corrected chi connectivity index (χ3v) is 7.62. The highest BCUT2D eigenvalue weighted by Crippen LogP contribution is 2.35. The number of aromatic nitrogens is 2. The van der Waals surface area contributed by atoms with Crippen LogP contribution in [0.15, 0.2) is 35.7 Å². The molecule has 7 heteroatoms. The van der Waals surface area contributed by atoms with Crippen LogP contribution in [-0.2, 0) is 9.84 Å². The maximum atomic E-state index is 11.9. The Morgan fingerprint density at radius 3 is 2.74 bits per heavy atom. The SMILES string of the molecule is Cc1cccc(Nc2nc(-c3cc(C)n(C4CCS(=O)(=O)C4)c3C)cs2)c1. The zero-order chi connectivity index (χ0) is 19.2. The summed E-state index contributed by atoms with van der Waals surface area (Å²) in [7, 11) is -2.91. The zero-order valence-corrected chi connectivity index (χ0v) is 17.3. The Morgan fingerprint density at radius 2 is 2.04 bits per heavy atom. The maximum absolute atomic E-state index is 11.9. The minimum absolute atomic E-state index is 0.0345. The highest BCUT2D eigenvalue weighted by Gasteiger charge is 2.31. The van der Waals surface area contributed by atoms with Crippen molar-refractivity contribution in [1.29, 1.82) is 0 Å². The van der Waals surface area contributed by atoms with E-state index in [1.165, 1.54) is 5.56 Å². The van der Waals surface area contributed by atoms with Crippen LogP contribution in [0.1, 0.15) is 29.4 Å². The Hall–Kier alpha value is -2.12. The summed E-state index contributed by atoms with van der Waals surface area (Å²) in [5.41, 5.74) is 6.40. The van der Waals surface area contributed by atoms with E-state index in [1.54, 1.807) is 11.3 Å². The first kappa shape index (κ1) is 18.3. The molecule has 27 heavy (non-hydrogen) atoms. The van der Waals surface area contributed by atoms with Crippen molar-refractivity contribution in [3.05, 3.63) is 52.7 Å². The molecule has 142 valence electrons. The molecule has 0 saturated carbocycles. The van der Waals surface area contributed by atoms with E-state index in [2.05, 4.69) is 47.3 Å². The van der Waals surface area contributed by atoms with Gasteiger partial charge in [0.2, 0.25) is 0 Å². The fourth-order valence-electron chi connectivity index (χ4n) is 3.88. The van der Waals surface area contributed by atoms with Gasteiger partial charge in [0.15, 0.2) is 15.0 Å². The number of thiazole rings is 1. The summed E-state index contributed by atoms with van der Waals surface area (Å²) in [6.45, 7) is 6.16. The lowest BCUT2D eigenvalue weighted by molar-refractivity contribution is 0.536. The maximum Gasteiger partial charge on any atom is 0.187 e. The molecule has 3 heterocycles. The Morgan fingerprint density at radius 1 is 1.22 bits per heavy atom. The summed E-state index contributed by atoms with van der Waals surface area (Å²) in [4.78, 5) is 4.75. The van der Waals surface area contributed by atoms with Gasteiger partial charge >= 0.3 is 0 Å². The molecule has 2 aromatic heterocycles. The largest absolute Gasteiger partial charge is 0.344 e. The molecule has 1 atom stereocenters. The van der Waals surface area contributed by atoms with Crippen molar-refractivity contribution in [3.63, 3.8) is 0 Å². The van der Waals surface area contributed by atoms with Gasteiger partial charge in [0.25, 0.3) is 0 Å². The van der Waals surface area contributed by atoms with E-state index in [0.717, 1.165) is 33.5 Å². The highest BCUT2D eigenvalue weighted by molar-refractivity contribution is 7.91. The molecular weight excluding hydrogens is 378 g/mol. The average molecular weight is 402 g/mol. The number of aryl methyl sites for hydroxylation is 2. The first-order valence-electron chi connectivity index (χ1n) is 9.01. The lowest BCUT2D eigenvalue weighted by Gasteiger charge is -2.16. The van der Waals surface area contributed by atoms with Crippen molar-refractivity contribution < 1.29 is 8.42 Å². The zero-order valence-electron chi connectivity index (χ0n) is 15.7. The van der Waals surface area contributed by atoms with Crippen LogP contribution in [0.4, 0.5) is 10.8 Å². The van der Waals surface area contributed by atoms with Crippen molar-refractivity contribution in [3.8, 4) is 11.3 Å². The van der Waals surface area contributed by atoms with Crippen molar-refractivity contribution in [2.45, 2.75) is 33.2 Å². The standard InChI is InChI=1S/C20H23N3O2S2/c1-13-5-4-6-16(9-13)21-20-22-19(11-26-20)18-10-14(2)23(15(18)3)17-7-8-27(24,25)12-17/h4-6,9-11,17H,7-8,12H2,1-3H3,(H,21,22). The van der Waals surface area contributed by atoms with Gasteiger partial charge in [0.1, 0.15) is 0 Å². The summed E-state index contributed by atoms with van der Waals surface area (Å²) < 4.78 is 25.9. The molecule has 0 aliphatic carbocycles. The van der Waals surface area contributed by atoms with Crippen LogP contribution < -0.4 is 5.32 Å². The van der Waals surface area contributed by atoms with Crippen LogP contribution in [-0.4, -0.2) is 29.5 Å². The van der Waals surface area contributed by atoms with E-state index >= 15 is 0 Å².